The van der Waals surface area contributed by atoms with Gasteiger partial charge in [0.25, 0.3) is 5.69 Å². The van der Waals surface area contributed by atoms with E-state index in [-0.39, 0.29) is 40.7 Å². The molecule has 1 atom stereocenters. The van der Waals surface area contributed by atoms with Crippen LogP contribution in [0.5, 0.6) is 0 Å². The number of benzene rings is 1. The molecule has 0 bridgehead atoms. The van der Waals surface area contributed by atoms with Gasteiger partial charge in [0, 0.05) is 29.8 Å². The van der Waals surface area contributed by atoms with Crippen LogP contribution in [0.1, 0.15) is 13.8 Å². The molecule has 0 unspecified atom stereocenters. The van der Waals surface area contributed by atoms with Crippen molar-refractivity contribution in [2.24, 2.45) is 5.92 Å². The second kappa shape index (κ2) is 12.8. The molecule has 2 saturated carbocycles. The monoisotopic (exact) mass is 421 g/mol. The van der Waals surface area contributed by atoms with Crippen LogP contribution >= 0.6 is 0 Å². The van der Waals surface area contributed by atoms with E-state index in [1.165, 1.54) is 24.3 Å². The van der Waals surface area contributed by atoms with E-state index in [1.807, 2.05) is 71.6 Å². The van der Waals surface area contributed by atoms with Gasteiger partial charge >= 0.3 is 23.1 Å². The summed E-state index contributed by atoms with van der Waals surface area (Å²) in [5, 5.41) is 16.2. The molecule has 0 spiro atoms. The number of carbonyl (C=O) groups excluding carboxylic acids is 1. The van der Waals surface area contributed by atoms with Gasteiger partial charge in [0.15, 0.2) is 0 Å². The first-order chi connectivity index (χ1) is 13.0. The van der Waals surface area contributed by atoms with Crippen molar-refractivity contribution in [2.75, 3.05) is 5.32 Å². The largest absolute Gasteiger partial charge is 2.00 e. The smallest absolute Gasteiger partial charge is 0.334 e. The van der Waals surface area contributed by atoms with Crippen molar-refractivity contribution >= 4 is 17.4 Å². The Labute approximate surface area is 178 Å². The van der Waals surface area contributed by atoms with Crippen molar-refractivity contribution in [3.8, 4) is 0 Å². The molecule has 2 aliphatic carbocycles. The Morgan fingerprint density at radius 1 is 0.929 bits per heavy atom. The Kier molecular flexibility index (Phi) is 11.2. The molecule has 2 fully saturated rings. The fraction of sp³-hybridized carbons (Fsp3) is 0.190. The van der Waals surface area contributed by atoms with E-state index in [1.54, 1.807) is 0 Å². The first-order valence-corrected chi connectivity index (χ1v) is 8.67. The molecular formula is C21H23FeN3O3+2. The molecule has 1 aromatic carbocycles. The molecule has 7 heteroatoms. The summed E-state index contributed by atoms with van der Waals surface area (Å²) < 4.78 is 0. The Hall–Kier alpha value is -1.59. The summed E-state index contributed by atoms with van der Waals surface area (Å²) in [5.74, 6) is 1.29. The summed E-state index contributed by atoms with van der Waals surface area (Å²) in [6.45, 7) is 4.06. The zero-order valence-corrected chi connectivity index (χ0v) is 16.8. The van der Waals surface area contributed by atoms with E-state index in [9.17, 15) is 14.9 Å². The Balaban J connectivity index is 0.000000567. The van der Waals surface area contributed by atoms with E-state index in [2.05, 4.69) is 10.6 Å². The first kappa shape index (κ1) is 24.4. The van der Waals surface area contributed by atoms with Crippen LogP contribution in [-0.2, 0) is 17.1 Å². The number of non-ortho nitro benzene ring substituents is 1. The molecule has 28 heavy (non-hydrogen) atoms. The van der Waals surface area contributed by atoms with Gasteiger partial charge in [-0.3, -0.25) is 10.1 Å². The third-order valence-corrected chi connectivity index (χ3v) is 3.89. The van der Waals surface area contributed by atoms with Gasteiger partial charge in [0.1, 0.15) is 0 Å². The zero-order chi connectivity index (χ0) is 19.6. The van der Waals surface area contributed by atoms with Crippen LogP contribution in [-0.4, -0.2) is 17.0 Å². The minimum Gasteiger partial charge on any atom is -0.334 e. The molecular weight excluding hydrogens is 398 g/mol. The van der Waals surface area contributed by atoms with E-state index in [0.29, 0.717) is 5.69 Å². The summed E-state index contributed by atoms with van der Waals surface area (Å²) >= 11 is 0. The molecule has 2 aliphatic rings. The second-order valence-electron chi connectivity index (χ2n) is 6.30. The number of carbonyl (C=O) groups is 1. The molecule has 10 radical (unpaired) electrons. The minimum absolute atomic E-state index is 0. The maximum atomic E-state index is 12.1. The van der Waals surface area contributed by atoms with Gasteiger partial charge in [0.2, 0.25) is 0 Å². The number of hydrogen-bond acceptors (Lipinski definition) is 3. The van der Waals surface area contributed by atoms with Gasteiger partial charge in [-0.1, -0.05) is 13.8 Å². The molecule has 1 aromatic rings. The topological polar surface area (TPSA) is 84.3 Å². The standard InChI is InChI=1S/C16H18N3O3.C5H5.Fe/c1-11(2)15(12-5-3-4-6-12)18-16(20)17-13-7-9-14(10-8-13)19(21)22;1-2-4-5-3-1;/h3-11,15H,1-2H3,(H2,17,18,20);1-5H;/q;;+2/t15-;;/m1../s1. The zero-order valence-electron chi connectivity index (χ0n) is 15.7. The van der Waals surface area contributed by atoms with Gasteiger partial charge in [-0.15, -0.1) is 0 Å². The fourth-order valence-corrected chi connectivity index (χ4v) is 2.53. The van der Waals surface area contributed by atoms with Crippen LogP contribution in [0.15, 0.2) is 24.3 Å². The van der Waals surface area contributed by atoms with Crippen molar-refractivity contribution in [2.45, 2.75) is 19.9 Å². The van der Waals surface area contributed by atoms with Crippen molar-refractivity contribution in [3.63, 3.8) is 0 Å². The Bertz CT molecular complexity index is 590. The Morgan fingerprint density at radius 2 is 1.43 bits per heavy atom. The van der Waals surface area contributed by atoms with Crippen molar-refractivity contribution in [3.05, 3.63) is 98.1 Å². The van der Waals surface area contributed by atoms with E-state index >= 15 is 0 Å². The molecule has 0 saturated heterocycles. The van der Waals surface area contributed by atoms with Crippen LogP contribution in [0.4, 0.5) is 16.2 Å². The Morgan fingerprint density at radius 3 is 1.86 bits per heavy atom. The fourth-order valence-electron chi connectivity index (χ4n) is 2.53. The van der Waals surface area contributed by atoms with Gasteiger partial charge in [-0.2, -0.15) is 0 Å². The molecule has 146 valence electrons. The first-order valence-electron chi connectivity index (χ1n) is 8.67. The van der Waals surface area contributed by atoms with Crippen LogP contribution < -0.4 is 10.6 Å². The molecule has 2 amide bonds. The van der Waals surface area contributed by atoms with Gasteiger partial charge in [-0.05, 0) is 75.8 Å². The van der Waals surface area contributed by atoms with Crippen LogP contribution in [0, 0.1) is 79.7 Å². The summed E-state index contributed by atoms with van der Waals surface area (Å²) in [4.78, 5) is 22.2. The second-order valence-corrected chi connectivity index (χ2v) is 6.30. The normalized spacial score (nSPS) is 17.2. The van der Waals surface area contributed by atoms with Crippen molar-refractivity contribution in [1.29, 1.82) is 0 Å². The van der Waals surface area contributed by atoms with Crippen molar-refractivity contribution < 1.29 is 26.8 Å². The number of rotatable bonds is 5. The van der Waals surface area contributed by atoms with E-state index < -0.39 is 4.92 Å². The number of amides is 2. The minimum atomic E-state index is -0.478. The number of anilines is 1. The summed E-state index contributed by atoms with van der Waals surface area (Å²) in [5.41, 5.74) is 0.496. The molecule has 0 aliphatic heterocycles. The maximum absolute atomic E-state index is 12.1. The van der Waals surface area contributed by atoms with Gasteiger partial charge in [-0.25, -0.2) is 4.79 Å². The van der Waals surface area contributed by atoms with Crippen molar-refractivity contribution in [1.82, 2.24) is 5.32 Å². The van der Waals surface area contributed by atoms with Crippen LogP contribution in [0.2, 0.25) is 0 Å². The third kappa shape index (κ3) is 8.19. The SMILES string of the molecule is CC(C)[C@@H](NC(=O)Nc1ccc([N+](=O)[O-])cc1)[C]1[CH][CH][CH][CH]1.[CH]1[CH][CH][CH][CH]1.[Fe+2]. The number of nitro benzene ring substituents is 1. The molecule has 2 N–H and O–H groups in total. The molecule has 0 heterocycles. The average Bonchev–Trinajstić information content (AvgIpc) is 3.36. The molecule has 0 aromatic heterocycles. The predicted octanol–water partition coefficient (Wildman–Crippen LogP) is 4.17. The van der Waals surface area contributed by atoms with Gasteiger partial charge in [0.05, 0.1) is 4.92 Å². The number of hydrogen-bond donors (Lipinski definition) is 2. The number of nitrogens with one attached hydrogen (secondary N) is 2. The number of urea groups is 1. The summed E-state index contributed by atoms with van der Waals surface area (Å²) in [6.07, 6.45) is 17.8. The average molecular weight is 421 g/mol. The summed E-state index contributed by atoms with van der Waals surface area (Å²) in [7, 11) is 0. The summed E-state index contributed by atoms with van der Waals surface area (Å²) in [6, 6.07) is 5.29. The van der Waals surface area contributed by atoms with E-state index in [4.69, 9.17) is 0 Å². The predicted molar refractivity (Wildman–Crippen MR) is 106 cm³/mol. The maximum Gasteiger partial charge on any atom is 2.00 e. The van der Waals surface area contributed by atoms with Crippen LogP contribution in [0.3, 0.4) is 0 Å². The number of nitrogens with zero attached hydrogens (tertiary/aromatic N) is 1. The van der Waals surface area contributed by atoms with E-state index in [0.717, 1.165) is 5.92 Å². The quantitative estimate of drug-likeness (QED) is 0.425. The third-order valence-electron chi connectivity index (χ3n) is 3.89. The molecule has 6 nitrogen and oxygen atoms in total. The number of nitro groups is 1. The molecule has 3 rings (SSSR count). The van der Waals surface area contributed by atoms with Crippen LogP contribution in [0.25, 0.3) is 0 Å². The van der Waals surface area contributed by atoms with Gasteiger partial charge < -0.3 is 10.6 Å².